The van der Waals surface area contributed by atoms with Gasteiger partial charge < -0.3 is 29.9 Å². The molecule has 3 amide bonds. The van der Waals surface area contributed by atoms with Crippen LogP contribution in [0.1, 0.15) is 49.7 Å². The molecule has 0 bridgehead atoms. The van der Waals surface area contributed by atoms with Gasteiger partial charge in [-0.25, -0.2) is 4.79 Å². The molecule has 2 aromatic carbocycles. The number of likely N-dealkylation sites (N-methyl/N-ethyl adjacent to an activating group) is 1. The minimum Gasteiger partial charge on any atom is -0.495 e. The van der Waals surface area contributed by atoms with Gasteiger partial charge in [-0.15, -0.1) is 0 Å². The summed E-state index contributed by atoms with van der Waals surface area (Å²) < 4.78 is 10.5. The first-order valence-electron chi connectivity index (χ1n) is 14.2. The van der Waals surface area contributed by atoms with Crippen molar-refractivity contribution in [2.75, 3.05) is 45.0 Å². The van der Waals surface area contributed by atoms with E-state index >= 15 is 0 Å². The number of carbonyl (C=O) groups excluding carboxylic acids is 3. The summed E-state index contributed by atoms with van der Waals surface area (Å²) in [7, 11) is 5.15. The molecular weight excluding hydrogens is 508 g/mol. The lowest BCUT2D eigenvalue weighted by Gasteiger charge is -2.37. The van der Waals surface area contributed by atoms with E-state index in [1.807, 2.05) is 48.2 Å². The highest BCUT2D eigenvalue weighted by Gasteiger charge is 2.33. The van der Waals surface area contributed by atoms with E-state index in [1.165, 1.54) is 7.11 Å². The molecule has 1 unspecified atom stereocenters. The van der Waals surface area contributed by atoms with Crippen LogP contribution in [0.5, 0.6) is 5.75 Å². The predicted molar refractivity (Wildman–Crippen MR) is 156 cm³/mol. The maximum atomic E-state index is 13.4. The summed E-state index contributed by atoms with van der Waals surface area (Å²) in [4.78, 5) is 42.2. The van der Waals surface area contributed by atoms with E-state index in [1.54, 1.807) is 13.2 Å². The largest absolute Gasteiger partial charge is 0.495 e. The van der Waals surface area contributed by atoms with Gasteiger partial charge in [-0.05, 0) is 81.8 Å². The van der Waals surface area contributed by atoms with Gasteiger partial charge in [-0.1, -0.05) is 24.3 Å². The van der Waals surface area contributed by atoms with Gasteiger partial charge in [0.15, 0.2) is 0 Å². The van der Waals surface area contributed by atoms with Crippen LogP contribution in [0.2, 0.25) is 0 Å². The molecule has 1 aliphatic carbocycles. The molecule has 1 atom stereocenters. The number of hydrogen-bond acceptors (Lipinski definition) is 6. The molecule has 1 heterocycles. The zero-order valence-corrected chi connectivity index (χ0v) is 24.1. The van der Waals surface area contributed by atoms with Crippen LogP contribution in [0.3, 0.4) is 0 Å². The molecule has 1 saturated heterocycles. The Hall–Kier alpha value is -3.59. The number of methoxy groups -OCH3 is 2. The third-order valence-electron chi connectivity index (χ3n) is 8.31. The molecule has 2 N–H and O–H groups in total. The van der Waals surface area contributed by atoms with Gasteiger partial charge >= 0.3 is 12.0 Å². The van der Waals surface area contributed by atoms with Crippen molar-refractivity contribution in [3.8, 4) is 5.75 Å². The van der Waals surface area contributed by atoms with Crippen molar-refractivity contribution in [2.24, 2.45) is 5.92 Å². The summed E-state index contributed by atoms with van der Waals surface area (Å²) >= 11 is 0. The molecule has 0 radical (unpaired) electrons. The summed E-state index contributed by atoms with van der Waals surface area (Å²) in [5, 5.41) is 5.70. The zero-order valence-electron chi connectivity index (χ0n) is 24.1. The third-order valence-corrected chi connectivity index (χ3v) is 8.31. The Morgan fingerprint density at radius 1 is 0.975 bits per heavy atom. The van der Waals surface area contributed by atoms with Crippen molar-refractivity contribution in [2.45, 2.75) is 64.0 Å². The Morgan fingerprint density at radius 2 is 1.70 bits per heavy atom. The normalized spacial score (nSPS) is 20.7. The van der Waals surface area contributed by atoms with Crippen molar-refractivity contribution in [3.05, 3.63) is 53.6 Å². The fourth-order valence-corrected chi connectivity index (χ4v) is 5.97. The second-order valence-electron chi connectivity index (χ2n) is 11.0. The number of likely N-dealkylation sites (tertiary alicyclic amines) is 1. The Bertz CT molecular complexity index is 1190. The smallest absolute Gasteiger partial charge is 0.323 e. The van der Waals surface area contributed by atoms with Crippen LogP contribution in [0, 0.1) is 12.8 Å². The number of anilines is 2. The Kier molecular flexibility index (Phi) is 10.0. The number of aryl methyl sites for hydroxylation is 1. The van der Waals surface area contributed by atoms with E-state index in [9.17, 15) is 14.4 Å². The van der Waals surface area contributed by atoms with Crippen LogP contribution < -0.4 is 15.4 Å². The van der Waals surface area contributed by atoms with Crippen LogP contribution >= 0.6 is 0 Å². The number of carbonyl (C=O) groups is 3. The maximum absolute atomic E-state index is 13.4. The SMILES string of the molecule is COC(=O)C1CCC(N(C)CC2CCCN2C(=O)Cc2ccc(NC(=O)Nc3ccccc3C)c(OC)c2)CC1. The number of nitrogens with zero attached hydrogens (tertiary/aromatic N) is 2. The highest BCUT2D eigenvalue weighted by Crippen LogP contribution is 2.30. The molecular formula is C31H42N4O5. The van der Waals surface area contributed by atoms with Gasteiger partial charge in [-0.2, -0.15) is 0 Å². The number of para-hydroxylation sites is 1. The first-order chi connectivity index (χ1) is 19.3. The number of rotatable bonds is 9. The minimum absolute atomic E-state index is 0.0141. The van der Waals surface area contributed by atoms with Gasteiger partial charge in [0.05, 0.1) is 32.2 Å². The number of amides is 3. The van der Waals surface area contributed by atoms with Crippen LogP contribution in [0.25, 0.3) is 0 Å². The minimum atomic E-state index is -0.362. The van der Waals surface area contributed by atoms with Crippen LogP contribution in [0.15, 0.2) is 42.5 Å². The molecule has 2 aliphatic rings. The molecule has 4 rings (SSSR count). The van der Waals surface area contributed by atoms with Crippen molar-refractivity contribution < 1.29 is 23.9 Å². The van der Waals surface area contributed by atoms with Gasteiger partial charge in [0.1, 0.15) is 5.75 Å². The number of esters is 1. The molecule has 2 aromatic rings. The predicted octanol–water partition coefficient (Wildman–Crippen LogP) is 4.84. The lowest BCUT2D eigenvalue weighted by Crippen LogP contribution is -2.46. The highest BCUT2D eigenvalue weighted by molar-refractivity contribution is 6.01. The van der Waals surface area contributed by atoms with E-state index < -0.39 is 0 Å². The van der Waals surface area contributed by atoms with E-state index in [0.29, 0.717) is 17.5 Å². The summed E-state index contributed by atoms with van der Waals surface area (Å²) in [5.74, 6) is 0.524. The topological polar surface area (TPSA) is 100 Å². The second-order valence-corrected chi connectivity index (χ2v) is 11.0. The Labute approximate surface area is 237 Å². The summed E-state index contributed by atoms with van der Waals surface area (Å²) in [5.41, 5.74) is 3.08. The van der Waals surface area contributed by atoms with E-state index in [-0.39, 0.29) is 36.3 Å². The van der Waals surface area contributed by atoms with Crippen LogP contribution in [-0.2, 0) is 20.7 Å². The average molecular weight is 551 g/mol. The van der Waals surface area contributed by atoms with Crippen molar-refractivity contribution in [3.63, 3.8) is 0 Å². The van der Waals surface area contributed by atoms with Crippen LogP contribution in [-0.4, -0.2) is 74.1 Å². The average Bonchev–Trinajstić information content (AvgIpc) is 3.43. The monoisotopic (exact) mass is 550 g/mol. The van der Waals surface area contributed by atoms with Crippen molar-refractivity contribution in [1.29, 1.82) is 0 Å². The first kappa shape index (κ1) is 29.4. The molecule has 9 nitrogen and oxygen atoms in total. The summed E-state index contributed by atoms with van der Waals surface area (Å²) in [6.07, 6.45) is 5.93. The van der Waals surface area contributed by atoms with Crippen molar-refractivity contribution >= 4 is 29.3 Å². The molecule has 1 saturated carbocycles. The summed E-state index contributed by atoms with van der Waals surface area (Å²) in [6.45, 7) is 3.53. The van der Waals surface area contributed by atoms with Crippen molar-refractivity contribution in [1.82, 2.24) is 9.80 Å². The maximum Gasteiger partial charge on any atom is 0.323 e. The Morgan fingerprint density at radius 3 is 2.40 bits per heavy atom. The fourth-order valence-electron chi connectivity index (χ4n) is 5.97. The molecule has 0 spiro atoms. The van der Waals surface area contributed by atoms with E-state index in [2.05, 4.69) is 22.6 Å². The highest BCUT2D eigenvalue weighted by atomic mass is 16.5. The standard InChI is InChI=1S/C31H42N4O5/c1-21-8-5-6-10-26(21)32-31(38)33-27-16-11-22(18-28(27)39-3)19-29(36)35-17-7-9-25(35)20-34(2)24-14-12-23(13-15-24)30(37)40-4/h5-6,8,10-11,16,18,23-25H,7,9,12-15,17,19-20H2,1-4H3,(H2,32,33,38). The van der Waals surface area contributed by atoms with Crippen LogP contribution in [0.4, 0.5) is 16.2 Å². The number of ether oxygens (including phenoxy) is 2. The van der Waals surface area contributed by atoms with Gasteiger partial charge in [0, 0.05) is 30.9 Å². The Balaban J connectivity index is 1.32. The number of nitrogens with one attached hydrogen (secondary N) is 2. The van der Waals surface area contributed by atoms with Gasteiger partial charge in [0.2, 0.25) is 5.91 Å². The second kappa shape index (κ2) is 13.7. The quantitative estimate of drug-likeness (QED) is 0.433. The molecule has 40 heavy (non-hydrogen) atoms. The third kappa shape index (κ3) is 7.33. The molecule has 216 valence electrons. The van der Waals surface area contributed by atoms with E-state index in [0.717, 1.165) is 68.4 Å². The molecule has 9 heteroatoms. The number of urea groups is 1. The molecule has 0 aromatic heterocycles. The number of hydrogen-bond donors (Lipinski definition) is 2. The molecule has 2 fully saturated rings. The first-order valence-corrected chi connectivity index (χ1v) is 14.2. The zero-order chi connectivity index (χ0) is 28.6. The van der Waals surface area contributed by atoms with E-state index in [4.69, 9.17) is 9.47 Å². The van der Waals surface area contributed by atoms with Gasteiger partial charge in [-0.3, -0.25) is 9.59 Å². The fraction of sp³-hybridized carbons (Fsp3) is 0.516. The molecule has 1 aliphatic heterocycles. The lowest BCUT2D eigenvalue weighted by atomic mass is 9.85. The van der Waals surface area contributed by atoms with Gasteiger partial charge in [0.25, 0.3) is 0 Å². The number of benzene rings is 2. The lowest BCUT2D eigenvalue weighted by molar-refractivity contribution is -0.147. The summed E-state index contributed by atoms with van der Waals surface area (Å²) in [6, 6.07) is 13.3.